The highest BCUT2D eigenvalue weighted by Crippen LogP contribution is 2.14. The Morgan fingerprint density at radius 2 is 2.00 bits per heavy atom. The van der Waals surface area contributed by atoms with Gasteiger partial charge in [0.15, 0.2) is 0 Å². The molecule has 0 aromatic heterocycles. The van der Waals surface area contributed by atoms with Crippen LogP contribution in [0.4, 0.5) is 0 Å². The van der Waals surface area contributed by atoms with Crippen molar-refractivity contribution in [2.75, 3.05) is 27.3 Å². The van der Waals surface area contributed by atoms with Gasteiger partial charge in [0.2, 0.25) is 0 Å². The SMILES string of the molecule is COCC(CCCN)N(C)Cc1ccc(Cl)cc1. The maximum Gasteiger partial charge on any atom is 0.0618 e. The second-order valence-corrected chi connectivity index (χ2v) is 5.02. The fraction of sp³-hybridized carbons (Fsp3) is 0.571. The Hall–Kier alpha value is -0.610. The summed E-state index contributed by atoms with van der Waals surface area (Å²) in [6, 6.07) is 8.39. The molecule has 1 aromatic carbocycles. The van der Waals surface area contributed by atoms with E-state index in [4.69, 9.17) is 22.1 Å². The van der Waals surface area contributed by atoms with Gasteiger partial charge in [-0.15, -0.1) is 0 Å². The van der Waals surface area contributed by atoms with Crippen molar-refractivity contribution in [1.82, 2.24) is 4.90 Å². The average molecular weight is 271 g/mol. The van der Waals surface area contributed by atoms with Gasteiger partial charge in [0, 0.05) is 24.7 Å². The first-order valence-electron chi connectivity index (χ1n) is 6.31. The highest BCUT2D eigenvalue weighted by atomic mass is 35.5. The molecule has 0 saturated heterocycles. The molecule has 0 bridgehead atoms. The van der Waals surface area contributed by atoms with E-state index >= 15 is 0 Å². The van der Waals surface area contributed by atoms with E-state index in [2.05, 4.69) is 24.1 Å². The molecule has 0 fully saturated rings. The number of benzene rings is 1. The van der Waals surface area contributed by atoms with Crippen molar-refractivity contribution in [3.8, 4) is 0 Å². The van der Waals surface area contributed by atoms with Gasteiger partial charge in [0.25, 0.3) is 0 Å². The van der Waals surface area contributed by atoms with Gasteiger partial charge in [0.1, 0.15) is 0 Å². The molecule has 18 heavy (non-hydrogen) atoms. The highest BCUT2D eigenvalue weighted by Gasteiger charge is 2.14. The predicted molar refractivity (Wildman–Crippen MR) is 76.9 cm³/mol. The van der Waals surface area contributed by atoms with E-state index in [-0.39, 0.29) is 0 Å². The van der Waals surface area contributed by atoms with Gasteiger partial charge >= 0.3 is 0 Å². The van der Waals surface area contributed by atoms with Crippen LogP contribution >= 0.6 is 11.6 Å². The Kier molecular flexibility index (Phi) is 7.28. The Balaban J connectivity index is 2.53. The number of ether oxygens (including phenoxy) is 1. The molecule has 102 valence electrons. The molecule has 0 aliphatic heterocycles. The average Bonchev–Trinajstić information content (AvgIpc) is 2.37. The molecular formula is C14H23ClN2O. The topological polar surface area (TPSA) is 38.5 Å². The molecule has 1 atom stereocenters. The molecule has 1 aromatic rings. The number of nitrogens with two attached hydrogens (primary N) is 1. The Labute approximate surface area is 115 Å². The van der Waals surface area contributed by atoms with Crippen molar-refractivity contribution in [2.45, 2.75) is 25.4 Å². The monoisotopic (exact) mass is 270 g/mol. The predicted octanol–water partition coefficient (Wildman–Crippen LogP) is 2.53. The third kappa shape index (κ3) is 5.36. The third-order valence-electron chi connectivity index (χ3n) is 3.07. The molecule has 0 aliphatic carbocycles. The quantitative estimate of drug-likeness (QED) is 0.789. The lowest BCUT2D eigenvalue weighted by atomic mass is 10.1. The third-order valence-corrected chi connectivity index (χ3v) is 3.32. The Morgan fingerprint density at radius 1 is 1.33 bits per heavy atom. The lowest BCUT2D eigenvalue weighted by Crippen LogP contribution is -2.35. The fourth-order valence-corrected chi connectivity index (χ4v) is 2.11. The van der Waals surface area contributed by atoms with Crippen LogP contribution in [0.25, 0.3) is 0 Å². The van der Waals surface area contributed by atoms with Crippen molar-refractivity contribution < 1.29 is 4.74 Å². The van der Waals surface area contributed by atoms with E-state index in [1.807, 2.05) is 12.1 Å². The van der Waals surface area contributed by atoms with Gasteiger partial charge < -0.3 is 10.5 Å². The fourth-order valence-electron chi connectivity index (χ4n) is 1.98. The van der Waals surface area contributed by atoms with Crippen molar-refractivity contribution in [2.24, 2.45) is 5.73 Å². The minimum atomic E-state index is 0.411. The van der Waals surface area contributed by atoms with E-state index in [1.165, 1.54) is 5.56 Å². The first-order chi connectivity index (χ1) is 8.67. The normalized spacial score (nSPS) is 12.9. The minimum absolute atomic E-state index is 0.411. The summed E-state index contributed by atoms with van der Waals surface area (Å²) in [6.45, 7) is 2.37. The van der Waals surface area contributed by atoms with E-state index < -0.39 is 0 Å². The van der Waals surface area contributed by atoms with Gasteiger partial charge in [-0.3, -0.25) is 4.90 Å². The number of nitrogens with zero attached hydrogens (tertiary/aromatic N) is 1. The van der Waals surface area contributed by atoms with Crippen LogP contribution in [0.2, 0.25) is 5.02 Å². The van der Waals surface area contributed by atoms with E-state index in [0.29, 0.717) is 6.04 Å². The number of likely N-dealkylation sites (N-methyl/N-ethyl adjacent to an activating group) is 1. The van der Waals surface area contributed by atoms with Crippen molar-refractivity contribution >= 4 is 11.6 Å². The highest BCUT2D eigenvalue weighted by molar-refractivity contribution is 6.30. The molecule has 1 unspecified atom stereocenters. The standard InChI is InChI=1S/C14H23ClN2O/c1-17(14(11-18-2)4-3-9-16)10-12-5-7-13(15)8-6-12/h5-8,14H,3-4,9-11,16H2,1-2H3. The second-order valence-electron chi connectivity index (χ2n) is 4.58. The molecule has 4 heteroatoms. The number of hydrogen-bond acceptors (Lipinski definition) is 3. The number of methoxy groups -OCH3 is 1. The van der Waals surface area contributed by atoms with Gasteiger partial charge in [-0.25, -0.2) is 0 Å². The molecule has 0 saturated carbocycles. The molecular weight excluding hydrogens is 248 g/mol. The first-order valence-corrected chi connectivity index (χ1v) is 6.69. The summed E-state index contributed by atoms with van der Waals surface area (Å²) in [7, 11) is 3.86. The summed E-state index contributed by atoms with van der Waals surface area (Å²) in [5.74, 6) is 0. The Bertz CT molecular complexity index is 329. The molecule has 0 heterocycles. The summed E-state index contributed by atoms with van der Waals surface area (Å²) in [5, 5.41) is 0.776. The van der Waals surface area contributed by atoms with Crippen LogP contribution in [-0.4, -0.2) is 38.3 Å². The summed E-state index contributed by atoms with van der Waals surface area (Å²) >= 11 is 5.88. The van der Waals surface area contributed by atoms with Crippen LogP contribution in [0.5, 0.6) is 0 Å². The zero-order valence-corrected chi connectivity index (χ0v) is 12.0. The van der Waals surface area contributed by atoms with E-state index in [9.17, 15) is 0 Å². The molecule has 2 N–H and O–H groups in total. The van der Waals surface area contributed by atoms with Crippen LogP contribution in [-0.2, 0) is 11.3 Å². The maximum absolute atomic E-state index is 5.88. The van der Waals surface area contributed by atoms with Crippen LogP contribution in [0.15, 0.2) is 24.3 Å². The second kappa shape index (κ2) is 8.48. The first kappa shape index (κ1) is 15.4. The molecule has 1 rings (SSSR count). The van der Waals surface area contributed by atoms with E-state index in [0.717, 1.165) is 37.6 Å². The van der Waals surface area contributed by atoms with Crippen LogP contribution in [0, 0.1) is 0 Å². The molecule has 0 radical (unpaired) electrons. The van der Waals surface area contributed by atoms with Gasteiger partial charge in [-0.05, 0) is 44.1 Å². The van der Waals surface area contributed by atoms with E-state index in [1.54, 1.807) is 7.11 Å². The number of halogens is 1. The molecule has 0 aliphatic rings. The van der Waals surface area contributed by atoms with Gasteiger partial charge in [-0.2, -0.15) is 0 Å². The Morgan fingerprint density at radius 3 is 2.56 bits per heavy atom. The smallest absolute Gasteiger partial charge is 0.0618 e. The number of hydrogen-bond donors (Lipinski definition) is 1. The van der Waals surface area contributed by atoms with Crippen LogP contribution in [0.3, 0.4) is 0 Å². The summed E-state index contributed by atoms with van der Waals surface area (Å²) in [5.41, 5.74) is 6.83. The lowest BCUT2D eigenvalue weighted by molar-refractivity contribution is 0.0962. The van der Waals surface area contributed by atoms with Crippen molar-refractivity contribution in [3.63, 3.8) is 0 Å². The van der Waals surface area contributed by atoms with Gasteiger partial charge in [0.05, 0.1) is 6.61 Å². The van der Waals surface area contributed by atoms with Gasteiger partial charge in [-0.1, -0.05) is 23.7 Å². The minimum Gasteiger partial charge on any atom is -0.383 e. The maximum atomic E-state index is 5.88. The summed E-state index contributed by atoms with van der Waals surface area (Å²) in [4.78, 5) is 2.31. The summed E-state index contributed by atoms with van der Waals surface area (Å²) in [6.07, 6.45) is 2.09. The lowest BCUT2D eigenvalue weighted by Gasteiger charge is -2.27. The zero-order valence-electron chi connectivity index (χ0n) is 11.2. The van der Waals surface area contributed by atoms with Crippen LogP contribution in [0.1, 0.15) is 18.4 Å². The molecule has 0 spiro atoms. The van der Waals surface area contributed by atoms with Crippen molar-refractivity contribution in [1.29, 1.82) is 0 Å². The zero-order chi connectivity index (χ0) is 13.4. The number of rotatable bonds is 8. The van der Waals surface area contributed by atoms with Crippen molar-refractivity contribution in [3.05, 3.63) is 34.9 Å². The van der Waals surface area contributed by atoms with Crippen LogP contribution < -0.4 is 5.73 Å². The molecule has 3 nitrogen and oxygen atoms in total. The molecule has 0 amide bonds. The largest absolute Gasteiger partial charge is 0.383 e. The summed E-state index contributed by atoms with van der Waals surface area (Å²) < 4.78 is 5.28.